The van der Waals surface area contributed by atoms with Crippen molar-refractivity contribution in [3.05, 3.63) is 0 Å². The monoisotopic (exact) mass is 198 g/mol. The van der Waals surface area contributed by atoms with Crippen molar-refractivity contribution in [3.63, 3.8) is 0 Å². The smallest absolute Gasteiger partial charge is 0.870 e. The Hall–Kier alpha value is 3.71. The van der Waals surface area contributed by atoms with Crippen molar-refractivity contribution in [2.75, 3.05) is 0 Å². The minimum atomic E-state index is -5.14. The zero-order valence-electron chi connectivity index (χ0n) is 5.57. The first-order chi connectivity index (χ1) is 2.00. The molecule has 0 rings (SSSR count). The fraction of sp³-hybridized carbons (Fsp3) is 0. The molecule has 0 aromatic rings. The van der Waals surface area contributed by atoms with Crippen LogP contribution in [-0.2, 0) is 4.57 Å². The third-order valence-corrected chi connectivity index (χ3v) is 0. The van der Waals surface area contributed by atoms with Crippen molar-refractivity contribution in [1.82, 2.24) is 0 Å². The van der Waals surface area contributed by atoms with E-state index in [2.05, 4.69) is 0 Å². The summed E-state index contributed by atoms with van der Waals surface area (Å²) in [4.78, 5) is 24.3. The maximum absolute atomic E-state index is 8.66. The molecule has 40 valence electrons. The summed E-state index contributed by atoms with van der Waals surface area (Å²) in [6.07, 6.45) is 0. The van der Waals surface area contributed by atoms with E-state index >= 15 is 0 Å². The fourth-order valence-corrected chi connectivity index (χ4v) is 0. The van der Waals surface area contributed by atoms with Gasteiger partial charge in [-0.15, -0.1) is 0 Å². The predicted molar refractivity (Wildman–Crippen MR) is 11.8 cm³/mol. The Kier molecular flexibility index (Phi) is 46.4. The Labute approximate surface area is 140 Å². The molecule has 0 saturated heterocycles. The van der Waals surface area contributed by atoms with Crippen LogP contribution in [0.15, 0.2) is 0 Å². The van der Waals surface area contributed by atoms with E-state index in [9.17, 15) is 0 Å². The summed E-state index contributed by atoms with van der Waals surface area (Å²) >= 11 is 0. The first kappa shape index (κ1) is 29.3. The van der Waals surface area contributed by atoms with Gasteiger partial charge < -0.3 is 24.7 Å². The third-order valence-electron chi connectivity index (χ3n) is 0. The van der Waals surface area contributed by atoms with E-state index in [-0.39, 0.29) is 116 Å². The van der Waals surface area contributed by atoms with Gasteiger partial charge in [0.05, 0.1) is 7.82 Å². The quantitative estimate of drug-likeness (QED) is 0.306. The summed E-state index contributed by atoms with van der Waals surface area (Å²) in [5.41, 5.74) is 0. The molecule has 9 heavy (non-hydrogen) atoms. The van der Waals surface area contributed by atoms with Gasteiger partial charge in [-0.25, -0.2) is 0 Å². The zero-order valence-corrected chi connectivity index (χ0v) is 13.6. The van der Waals surface area contributed by atoms with Gasteiger partial charge in [0.2, 0.25) is 0 Å². The Bertz CT molecular complexity index is 61.1. The van der Waals surface area contributed by atoms with Gasteiger partial charge >= 0.3 is 110 Å². The van der Waals surface area contributed by atoms with Gasteiger partial charge in [-0.3, -0.25) is 0 Å². The molecular formula is H2KNa2O5P. The molecule has 0 unspecified atom stereocenters. The Balaban J connectivity index is -0.0000000133. The maximum Gasteiger partial charge on any atom is 1.00 e. The zero-order chi connectivity index (χ0) is 4.50. The van der Waals surface area contributed by atoms with Gasteiger partial charge in [-0.05, 0) is 0 Å². The first-order valence-electron chi connectivity index (χ1n) is 0.748. The van der Waals surface area contributed by atoms with E-state index in [4.69, 9.17) is 19.2 Å². The molecule has 0 aromatic carbocycles. The van der Waals surface area contributed by atoms with Gasteiger partial charge in [0, 0.05) is 0 Å². The Morgan fingerprint density at radius 2 is 1.22 bits per heavy atom. The Morgan fingerprint density at radius 3 is 1.22 bits per heavy atom. The van der Waals surface area contributed by atoms with Gasteiger partial charge in [0.15, 0.2) is 0 Å². The normalized spacial score (nSPS) is 6.56. The van der Waals surface area contributed by atoms with E-state index in [0.717, 1.165) is 0 Å². The minimum Gasteiger partial charge on any atom is -0.870 e. The molecule has 0 atom stereocenters. The molecule has 0 spiro atoms. The molecule has 0 bridgehead atoms. The van der Waals surface area contributed by atoms with Crippen LogP contribution in [0.2, 0.25) is 0 Å². The average Bonchev–Trinajstić information content (AvgIpc) is 0.722. The average molecular weight is 198 g/mol. The summed E-state index contributed by atoms with van der Waals surface area (Å²) in [5.74, 6) is 0. The number of rotatable bonds is 0. The van der Waals surface area contributed by atoms with Gasteiger partial charge in [0.1, 0.15) is 0 Å². The molecule has 0 aromatic heterocycles. The molecule has 0 radical (unpaired) electrons. The van der Waals surface area contributed by atoms with Gasteiger partial charge in [0.25, 0.3) is 0 Å². The molecule has 2 N–H and O–H groups in total. The first-order valence-corrected chi connectivity index (χ1v) is 2.24. The van der Waals surface area contributed by atoms with E-state index in [1.54, 1.807) is 0 Å². The molecule has 0 saturated carbocycles. The second kappa shape index (κ2) is 14.2. The summed E-state index contributed by atoms with van der Waals surface area (Å²) in [6, 6.07) is 0. The summed E-state index contributed by atoms with van der Waals surface area (Å²) in [6.45, 7) is 0. The van der Waals surface area contributed by atoms with Crippen LogP contribution in [0.25, 0.3) is 0 Å². The van der Waals surface area contributed by atoms with Gasteiger partial charge in [-0.2, -0.15) is 0 Å². The van der Waals surface area contributed by atoms with E-state index < -0.39 is 7.82 Å². The van der Waals surface area contributed by atoms with Crippen molar-refractivity contribution in [2.24, 2.45) is 0 Å². The number of hydrogen-bond donors (Lipinski definition) is 1. The van der Waals surface area contributed by atoms with Crippen molar-refractivity contribution in [3.8, 4) is 0 Å². The molecular weight excluding hydrogens is 196 g/mol. The molecule has 0 aliphatic carbocycles. The van der Waals surface area contributed by atoms with Crippen LogP contribution < -0.4 is 120 Å². The predicted octanol–water partition coefficient (Wildman–Crippen LogP) is -11.4. The molecule has 0 aliphatic heterocycles. The maximum atomic E-state index is 8.66. The van der Waals surface area contributed by atoms with Crippen LogP contribution in [0.3, 0.4) is 0 Å². The standard InChI is InChI=1S/K.2Na.H3O4P.H2O/c;;;1-5(2,3)4;/h;;;(H3,1,2,3,4);1H2/q3*+1;;/p-3. The molecule has 0 aliphatic rings. The van der Waals surface area contributed by atoms with Crippen molar-refractivity contribution < 1.29 is 135 Å². The molecule has 5 nitrogen and oxygen atoms in total. The number of hydrogen-bond acceptors (Lipinski definition) is 4. The van der Waals surface area contributed by atoms with Crippen molar-refractivity contribution in [2.45, 2.75) is 0 Å². The second-order valence-electron chi connectivity index (χ2n) is 0.469. The fourth-order valence-electron chi connectivity index (χ4n) is 0. The molecule has 0 fully saturated rings. The van der Waals surface area contributed by atoms with Gasteiger partial charge in [-0.1, -0.05) is 0 Å². The van der Waals surface area contributed by atoms with Crippen LogP contribution in [0.1, 0.15) is 0 Å². The van der Waals surface area contributed by atoms with Crippen LogP contribution in [0.4, 0.5) is 0 Å². The summed E-state index contributed by atoms with van der Waals surface area (Å²) < 4.78 is 8.66. The van der Waals surface area contributed by atoms with Crippen LogP contribution in [-0.4, -0.2) is 10.4 Å². The molecule has 0 amide bonds. The molecule has 9 heteroatoms. The van der Waals surface area contributed by atoms with Crippen molar-refractivity contribution >= 4 is 7.82 Å². The topological polar surface area (TPSA) is 113 Å². The Morgan fingerprint density at radius 1 is 1.22 bits per heavy atom. The second-order valence-corrected chi connectivity index (χ2v) is 1.41. The minimum absolute atomic E-state index is 0. The van der Waals surface area contributed by atoms with Crippen LogP contribution in [0, 0.1) is 0 Å². The SMILES string of the molecule is O=P([O-])([O-])O.[K+].[Na+].[Na+].[OH-]. The van der Waals surface area contributed by atoms with E-state index in [0.29, 0.717) is 0 Å². The number of phosphoric acid groups is 1. The van der Waals surface area contributed by atoms with Crippen LogP contribution in [0.5, 0.6) is 0 Å². The summed E-state index contributed by atoms with van der Waals surface area (Å²) in [7, 11) is -5.14. The third kappa shape index (κ3) is 80.3. The van der Waals surface area contributed by atoms with E-state index in [1.165, 1.54) is 0 Å². The van der Waals surface area contributed by atoms with Crippen LogP contribution >= 0.6 is 7.82 Å². The van der Waals surface area contributed by atoms with Crippen molar-refractivity contribution in [1.29, 1.82) is 0 Å². The molecule has 0 heterocycles. The largest absolute Gasteiger partial charge is 1.00 e. The van der Waals surface area contributed by atoms with E-state index in [1.807, 2.05) is 0 Å². The summed E-state index contributed by atoms with van der Waals surface area (Å²) in [5, 5.41) is 0.